The Bertz CT molecular complexity index is 833. The molecule has 108 valence electrons. The minimum absolute atomic E-state index is 0.0561. The van der Waals surface area contributed by atoms with Crippen molar-refractivity contribution in [3.63, 3.8) is 0 Å². The third kappa shape index (κ3) is 2.73. The van der Waals surface area contributed by atoms with Crippen LogP contribution in [0, 0.1) is 6.92 Å². The number of nitrogens with one attached hydrogen (secondary N) is 1. The zero-order chi connectivity index (χ0) is 14.8. The number of fused-ring (bicyclic) bond motifs is 1. The van der Waals surface area contributed by atoms with Crippen LogP contribution in [0.1, 0.15) is 11.3 Å². The largest absolute Gasteiger partial charge is 0.467 e. The van der Waals surface area contributed by atoms with Crippen molar-refractivity contribution in [2.75, 3.05) is 0 Å². The van der Waals surface area contributed by atoms with Crippen LogP contribution in [0.2, 0.25) is 0 Å². The molecule has 0 atom stereocenters. The smallest absolute Gasteiger partial charge is 0.271 e. The molecular formula is C14H13N3O3S. The number of nitrogens with zero attached hydrogens (tertiary/aromatic N) is 2. The first-order chi connectivity index (χ1) is 10.1. The number of carbonyl (C=O) groups excluding carboxylic acids is 1. The van der Waals surface area contributed by atoms with E-state index in [0.717, 1.165) is 5.56 Å². The van der Waals surface area contributed by atoms with Crippen LogP contribution in [0.4, 0.5) is 0 Å². The Morgan fingerprint density at radius 3 is 3.14 bits per heavy atom. The van der Waals surface area contributed by atoms with Gasteiger partial charge in [0.15, 0.2) is 0 Å². The van der Waals surface area contributed by atoms with E-state index in [-0.39, 0.29) is 18.0 Å². The zero-order valence-electron chi connectivity index (χ0n) is 11.3. The van der Waals surface area contributed by atoms with Gasteiger partial charge in [-0.1, -0.05) is 0 Å². The van der Waals surface area contributed by atoms with E-state index in [4.69, 9.17) is 4.42 Å². The van der Waals surface area contributed by atoms with Crippen LogP contribution in [0.25, 0.3) is 10.2 Å². The summed E-state index contributed by atoms with van der Waals surface area (Å²) >= 11 is 1.35. The fourth-order valence-electron chi connectivity index (χ4n) is 1.98. The van der Waals surface area contributed by atoms with Crippen LogP contribution in [-0.2, 0) is 17.9 Å². The Morgan fingerprint density at radius 1 is 1.52 bits per heavy atom. The molecule has 0 saturated carbocycles. The molecule has 7 heteroatoms. The summed E-state index contributed by atoms with van der Waals surface area (Å²) in [5, 5.41) is 4.59. The van der Waals surface area contributed by atoms with E-state index in [9.17, 15) is 9.59 Å². The minimum atomic E-state index is -0.261. The molecule has 3 rings (SSSR count). The Labute approximate surface area is 124 Å². The summed E-state index contributed by atoms with van der Waals surface area (Å²) in [4.78, 5) is 28.3. The van der Waals surface area contributed by atoms with Crippen LogP contribution < -0.4 is 10.9 Å². The zero-order valence-corrected chi connectivity index (χ0v) is 12.1. The summed E-state index contributed by atoms with van der Waals surface area (Å²) in [5.74, 6) is 0.404. The monoisotopic (exact) mass is 303 g/mol. The van der Waals surface area contributed by atoms with Gasteiger partial charge in [0.25, 0.3) is 5.56 Å². The summed E-state index contributed by atoms with van der Waals surface area (Å²) < 4.78 is 7.02. The molecule has 0 radical (unpaired) electrons. The maximum Gasteiger partial charge on any atom is 0.271 e. The van der Waals surface area contributed by atoms with Gasteiger partial charge in [-0.25, -0.2) is 4.98 Å². The maximum atomic E-state index is 12.2. The number of aromatic nitrogens is 2. The number of furan rings is 1. The van der Waals surface area contributed by atoms with Crippen molar-refractivity contribution in [3.8, 4) is 0 Å². The van der Waals surface area contributed by atoms with Gasteiger partial charge in [0.05, 0.1) is 24.7 Å². The summed E-state index contributed by atoms with van der Waals surface area (Å²) in [5.41, 5.74) is 1.49. The Morgan fingerprint density at radius 2 is 2.38 bits per heavy atom. The average molecular weight is 303 g/mol. The van der Waals surface area contributed by atoms with Gasteiger partial charge in [-0.2, -0.15) is 0 Å². The number of hydrogen-bond acceptors (Lipinski definition) is 5. The molecule has 3 aromatic rings. The average Bonchev–Trinajstić information content (AvgIpc) is 3.10. The lowest BCUT2D eigenvalue weighted by molar-refractivity contribution is -0.121. The molecule has 0 saturated heterocycles. The highest BCUT2D eigenvalue weighted by Gasteiger charge is 2.11. The first kappa shape index (κ1) is 13.6. The molecule has 0 aromatic carbocycles. The second-order valence-corrected chi connectivity index (χ2v) is 5.51. The number of hydrogen-bond donors (Lipinski definition) is 1. The lowest BCUT2D eigenvalue weighted by atomic mass is 10.3. The topological polar surface area (TPSA) is 77.1 Å². The quantitative estimate of drug-likeness (QED) is 0.795. The van der Waals surface area contributed by atoms with Crippen molar-refractivity contribution in [2.45, 2.75) is 20.0 Å². The predicted molar refractivity (Wildman–Crippen MR) is 79.2 cm³/mol. The molecule has 21 heavy (non-hydrogen) atoms. The van der Waals surface area contributed by atoms with Gasteiger partial charge in [0, 0.05) is 0 Å². The third-order valence-corrected chi connectivity index (χ3v) is 4.15. The van der Waals surface area contributed by atoms with Crippen molar-refractivity contribution in [2.24, 2.45) is 0 Å². The van der Waals surface area contributed by atoms with Crippen molar-refractivity contribution < 1.29 is 9.21 Å². The second-order valence-electron chi connectivity index (χ2n) is 4.63. The Balaban J connectivity index is 1.74. The van der Waals surface area contributed by atoms with Crippen LogP contribution in [-0.4, -0.2) is 15.5 Å². The molecule has 1 amide bonds. The van der Waals surface area contributed by atoms with Gasteiger partial charge in [0.2, 0.25) is 5.91 Å². The van der Waals surface area contributed by atoms with Crippen molar-refractivity contribution in [1.82, 2.24) is 14.9 Å². The number of thiophene rings is 1. The standard InChI is InChI=1S/C14H13N3O3S/c1-9-7-21-13-12(9)16-8-17(14(13)19)6-11(18)15-5-10-3-2-4-20-10/h2-4,7-8H,5-6H2,1H3,(H,15,18). The third-order valence-electron chi connectivity index (χ3n) is 3.08. The highest BCUT2D eigenvalue weighted by molar-refractivity contribution is 7.17. The number of amides is 1. The van der Waals surface area contributed by atoms with E-state index in [1.807, 2.05) is 12.3 Å². The molecular weight excluding hydrogens is 290 g/mol. The lowest BCUT2D eigenvalue weighted by Gasteiger charge is -2.06. The van der Waals surface area contributed by atoms with Crippen LogP contribution >= 0.6 is 11.3 Å². The van der Waals surface area contributed by atoms with Crippen LogP contribution in [0.5, 0.6) is 0 Å². The molecule has 0 aliphatic carbocycles. The van der Waals surface area contributed by atoms with E-state index in [2.05, 4.69) is 10.3 Å². The number of aryl methyl sites for hydroxylation is 1. The van der Waals surface area contributed by atoms with Gasteiger partial charge in [-0.15, -0.1) is 11.3 Å². The fraction of sp³-hybridized carbons (Fsp3) is 0.214. The molecule has 0 fully saturated rings. The number of rotatable bonds is 4. The summed E-state index contributed by atoms with van der Waals surface area (Å²) in [6.07, 6.45) is 2.96. The van der Waals surface area contributed by atoms with E-state index in [1.165, 1.54) is 22.2 Å². The molecule has 0 unspecified atom stereocenters. The fourth-order valence-corrected chi connectivity index (χ4v) is 2.93. The maximum absolute atomic E-state index is 12.2. The van der Waals surface area contributed by atoms with Crippen molar-refractivity contribution in [1.29, 1.82) is 0 Å². The predicted octanol–water partition coefficient (Wildman–Crippen LogP) is 1.68. The van der Waals surface area contributed by atoms with Crippen LogP contribution in [0.3, 0.4) is 0 Å². The van der Waals surface area contributed by atoms with E-state index >= 15 is 0 Å². The molecule has 0 aliphatic heterocycles. The Hall–Kier alpha value is -2.41. The lowest BCUT2D eigenvalue weighted by Crippen LogP contribution is -2.31. The van der Waals surface area contributed by atoms with Gasteiger partial charge in [-0.05, 0) is 30.0 Å². The van der Waals surface area contributed by atoms with Gasteiger partial charge >= 0.3 is 0 Å². The van der Waals surface area contributed by atoms with Crippen molar-refractivity contribution in [3.05, 3.63) is 51.8 Å². The normalized spacial score (nSPS) is 10.9. The minimum Gasteiger partial charge on any atom is -0.467 e. The number of carbonyl (C=O) groups is 1. The van der Waals surface area contributed by atoms with Gasteiger partial charge in [0.1, 0.15) is 17.0 Å². The molecule has 3 aromatic heterocycles. The second kappa shape index (κ2) is 5.53. The van der Waals surface area contributed by atoms with Crippen LogP contribution in [0.15, 0.2) is 39.3 Å². The highest BCUT2D eigenvalue weighted by atomic mass is 32.1. The van der Waals surface area contributed by atoms with E-state index in [0.29, 0.717) is 22.5 Å². The summed E-state index contributed by atoms with van der Waals surface area (Å²) in [6.45, 7) is 2.15. The highest BCUT2D eigenvalue weighted by Crippen LogP contribution is 2.19. The van der Waals surface area contributed by atoms with Crippen molar-refractivity contribution >= 4 is 27.5 Å². The summed E-state index contributed by atoms with van der Waals surface area (Å²) in [7, 11) is 0. The molecule has 1 N–H and O–H groups in total. The molecule has 0 bridgehead atoms. The molecule has 0 aliphatic rings. The molecule has 6 nitrogen and oxygen atoms in total. The summed E-state index contributed by atoms with van der Waals surface area (Å²) in [6, 6.07) is 3.53. The first-order valence-electron chi connectivity index (χ1n) is 6.37. The SMILES string of the molecule is Cc1csc2c(=O)n(CC(=O)NCc3ccco3)cnc12. The molecule has 3 heterocycles. The first-order valence-corrected chi connectivity index (χ1v) is 7.25. The molecule has 0 spiro atoms. The van der Waals surface area contributed by atoms with Gasteiger partial charge < -0.3 is 9.73 Å². The van der Waals surface area contributed by atoms with Gasteiger partial charge in [-0.3, -0.25) is 14.2 Å². The Kier molecular flexibility index (Phi) is 3.57. The van der Waals surface area contributed by atoms with E-state index in [1.54, 1.807) is 18.4 Å². The van der Waals surface area contributed by atoms with E-state index < -0.39 is 0 Å².